The van der Waals surface area contributed by atoms with Gasteiger partial charge in [-0.15, -0.1) is 0 Å². The molecular weight excluding hydrogens is 468 g/mol. The lowest BCUT2D eigenvalue weighted by Gasteiger charge is -2.16. The van der Waals surface area contributed by atoms with Gasteiger partial charge in [0.1, 0.15) is 0 Å². The van der Waals surface area contributed by atoms with Crippen LogP contribution < -0.4 is 15.0 Å². The summed E-state index contributed by atoms with van der Waals surface area (Å²) in [5.41, 5.74) is 2.58. The summed E-state index contributed by atoms with van der Waals surface area (Å²) in [7, 11) is 0. The van der Waals surface area contributed by atoms with Gasteiger partial charge in [-0.1, -0.05) is 48.1 Å². The third-order valence-electron chi connectivity index (χ3n) is 6.24. The molecular formula is C25H24N4O5S. The number of rotatable bonds is 7. The molecule has 0 unspecified atom stereocenters. The predicted molar refractivity (Wildman–Crippen MR) is 130 cm³/mol. The number of nitrogens with zero attached hydrogens (tertiary/aromatic N) is 4. The molecule has 0 amide bonds. The number of hydrogen-bond acceptors (Lipinski definition) is 9. The monoisotopic (exact) mass is 492 g/mol. The second-order valence-corrected chi connectivity index (χ2v) is 9.46. The molecule has 4 heterocycles. The number of thioether (sulfide) groups is 1. The van der Waals surface area contributed by atoms with E-state index in [0.717, 1.165) is 24.8 Å². The van der Waals surface area contributed by atoms with Crippen molar-refractivity contribution < 1.29 is 18.7 Å². The van der Waals surface area contributed by atoms with Crippen LogP contribution in [0.5, 0.6) is 11.5 Å². The molecule has 0 spiro atoms. The molecule has 1 fully saturated rings. The summed E-state index contributed by atoms with van der Waals surface area (Å²) in [5.74, 6) is 2.54. The zero-order chi connectivity index (χ0) is 23.8. The Bertz CT molecular complexity index is 1430. The number of ether oxygens (including phenoxy) is 3. The molecule has 0 radical (unpaired) electrons. The topological polar surface area (TPSA) is 102 Å². The van der Waals surface area contributed by atoms with Crippen molar-refractivity contribution in [2.75, 3.05) is 13.4 Å². The second kappa shape index (κ2) is 9.35. The van der Waals surface area contributed by atoms with Gasteiger partial charge < -0.3 is 18.7 Å². The lowest BCUT2D eigenvalue weighted by molar-refractivity contribution is 0.0937. The van der Waals surface area contributed by atoms with E-state index < -0.39 is 0 Å². The minimum atomic E-state index is -0.131. The maximum Gasteiger partial charge on any atom is 0.262 e. The zero-order valence-corrected chi connectivity index (χ0v) is 20.0. The van der Waals surface area contributed by atoms with Crippen molar-refractivity contribution in [1.29, 1.82) is 0 Å². The Morgan fingerprint density at radius 3 is 2.71 bits per heavy atom. The Hall–Kier alpha value is -3.37. The molecule has 10 heteroatoms. The van der Waals surface area contributed by atoms with Crippen molar-refractivity contribution in [3.8, 4) is 22.9 Å². The highest BCUT2D eigenvalue weighted by atomic mass is 32.2. The number of aryl methyl sites for hydroxylation is 1. The molecule has 2 aromatic heterocycles. The summed E-state index contributed by atoms with van der Waals surface area (Å²) in [6.07, 6.45) is 2.87. The Morgan fingerprint density at radius 1 is 1.11 bits per heavy atom. The first-order valence-electron chi connectivity index (χ1n) is 11.7. The average Bonchev–Trinajstić information content (AvgIpc) is 3.66. The van der Waals surface area contributed by atoms with Crippen LogP contribution >= 0.6 is 11.8 Å². The van der Waals surface area contributed by atoms with Gasteiger partial charge >= 0.3 is 0 Å². The fourth-order valence-corrected chi connectivity index (χ4v) is 5.15. The van der Waals surface area contributed by atoms with Crippen LogP contribution in [-0.2, 0) is 23.5 Å². The van der Waals surface area contributed by atoms with Crippen LogP contribution in [0, 0.1) is 0 Å². The largest absolute Gasteiger partial charge is 0.454 e. The fraction of sp³-hybridized carbons (Fsp3) is 0.360. The lowest BCUT2D eigenvalue weighted by atomic mass is 10.1. The van der Waals surface area contributed by atoms with Crippen LogP contribution in [0.15, 0.2) is 50.9 Å². The highest BCUT2D eigenvalue weighted by molar-refractivity contribution is 7.98. The van der Waals surface area contributed by atoms with Crippen LogP contribution in [0.1, 0.15) is 31.2 Å². The molecule has 35 heavy (non-hydrogen) atoms. The number of fused-ring (bicyclic) bond motifs is 2. The van der Waals surface area contributed by atoms with Crippen molar-refractivity contribution >= 4 is 22.7 Å². The molecule has 0 N–H and O–H groups in total. The fourth-order valence-electron chi connectivity index (χ4n) is 4.30. The van der Waals surface area contributed by atoms with Gasteiger partial charge in [0.2, 0.25) is 18.5 Å². The Kier molecular flexibility index (Phi) is 5.91. The summed E-state index contributed by atoms with van der Waals surface area (Å²) in [6, 6.07) is 11.6. The average molecular weight is 493 g/mol. The molecule has 180 valence electrons. The van der Waals surface area contributed by atoms with Crippen LogP contribution in [0.25, 0.3) is 22.3 Å². The van der Waals surface area contributed by atoms with Crippen molar-refractivity contribution in [1.82, 2.24) is 19.7 Å². The SMILES string of the molecule is CCc1ccc(-c2noc(CSc3nc4cc5c(cc4c(=O)n3C[C@@H]3CCCO3)OCO5)n2)cc1. The maximum atomic E-state index is 13.5. The minimum Gasteiger partial charge on any atom is -0.454 e. The normalized spacial score (nSPS) is 16.9. The van der Waals surface area contributed by atoms with E-state index in [1.807, 2.05) is 12.1 Å². The molecule has 2 aliphatic heterocycles. The third kappa shape index (κ3) is 4.39. The Morgan fingerprint density at radius 2 is 1.94 bits per heavy atom. The molecule has 9 nitrogen and oxygen atoms in total. The first kappa shape index (κ1) is 22.1. The van der Waals surface area contributed by atoms with E-state index >= 15 is 0 Å². The van der Waals surface area contributed by atoms with E-state index in [9.17, 15) is 4.79 Å². The van der Waals surface area contributed by atoms with Gasteiger partial charge in [-0.2, -0.15) is 4.98 Å². The Balaban J connectivity index is 1.30. The first-order valence-corrected chi connectivity index (χ1v) is 12.7. The molecule has 0 bridgehead atoms. The molecule has 6 rings (SSSR count). The highest BCUT2D eigenvalue weighted by Crippen LogP contribution is 2.35. The van der Waals surface area contributed by atoms with Crippen LogP contribution in [0.2, 0.25) is 0 Å². The van der Waals surface area contributed by atoms with E-state index in [1.165, 1.54) is 17.3 Å². The highest BCUT2D eigenvalue weighted by Gasteiger charge is 2.23. The van der Waals surface area contributed by atoms with E-state index in [-0.39, 0.29) is 18.5 Å². The van der Waals surface area contributed by atoms with Gasteiger partial charge in [-0.3, -0.25) is 9.36 Å². The standard InChI is InChI=1S/C25H24N4O5S/c1-2-15-5-7-16(8-6-15)23-27-22(34-28-23)13-35-25-26-19-11-21-20(32-14-33-21)10-18(19)24(30)29(25)12-17-4-3-9-31-17/h5-8,10-11,17H,2-4,9,12-14H2,1H3/t17-/m0/s1. The van der Waals surface area contributed by atoms with Gasteiger partial charge in [0.05, 0.1) is 29.3 Å². The molecule has 1 atom stereocenters. The summed E-state index contributed by atoms with van der Waals surface area (Å²) in [4.78, 5) is 22.8. The van der Waals surface area contributed by atoms with Crippen molar-refractivity contribution in [2.24, 2.45) is 0 Å². The summed E-state index contributed by atoms with van der Waals surface area (Å²) >= 11 is 1.39. The van der Waals surface area contributed by atoms with E-state index in [0.29, 0.717) is 58.2 Å². The van der Waals surface area contributed by atoms with Crippen LogP contribution in [-0.4, -0.2) is 39.2 Å². The second-order valence-electron chi connectivity index (χ2n) is 8.52. The van der Waals surface area contributed by atoms with Crippen molar-refractivity contribution in [3.63, 3.8) is 0 Å². The van der Waals surface area contributed by atoms with Gasteiger partial charge in [-0.25, -0.2) is 4.98 Å². The molecule has 0 saturated carbocycles. The zero-order valence-electron chi connectivity index (χ0n) is 19.2. The van der Waals surface area contributed by atoms with Gasteiger partial charge in [0.15, 0.2) is 16.7 Å². The summed E-state index contributed by atoms with van der Waals surface area (Å²) in [6.45, 7) is 3.41. The first-order chi connectivity index (χ1) is 17.2. The number of aromatic nitrogens is 4. The third-order valence-corrected chi connectivity index (χ3v) is 7.20. The molecule has 4 aromatic rings. The number of benzene rings is 2. The smallest absolute Gasteiger partial charge is 0.262 e. The Labute approximate surface area is 205 Å². The lowest BCUT2D eigenvalue weighted by Crippen LogP contribution is -2.28. The van der Waals surface area contributed by atoms with E-state index in [2.05, 4.69) is 29.2 Å². The molecule has 2 aliphatic rings. The van der Waals surface area contributed by atoms with Gasteiger partial charge in [-0.05, 0) is 30.9 Å². The van der Waals surface area contributed by atoms with Crippen LogP contribution in [0.4, 0.5) is 0 Å². The van der Waals surface area contributed by atoms with Crippen LogP contribution in [0.3, 0.4) is 0 Å². The van der Waals surface area contributed by atoms with Crippen molar-refractivity contribution in [2.45, 2.75) is 49.7 Å². The summed E-state index contributed by atoms with van der Waals surface area (Å²) < 4.78 is 23.9. The molecule has 0 aliphatic carbocycles. The summed E-state index contributed by atoms with van der Waals surface area (Å²) in [5, 5.41) is 5.19. The molecule has 2 aromatic carbocycles. The minimum absolute atomic E-state index is 0.0126. The van der Waals surface area contributed by atoms with Gasteiger partial charge in [0, 0.05) is 18.2 Å². The number of hydrogen-bond donors (Lipinski definition) is 0. The van der Waals surface area contributed by atoms with E-state index in [1.54, 1.807) is 16.7 Å². The maximum absolute atomic E-state index is 13.5. The molecule has 1 saturated heterocycles. The quantitative estimate of drug-likeness (QED) is 0.277. The van der Waals surface area contributed by atoms with Crippen molar-refractivity contribution in [3.05, 3.63) is 58.2 Å². The van der Waals surface area contributed by atoms with E-state index in [4.69, 9.17) is 23.7 Å². The predicted octanol–water partition coefficient (Wildman–Crippen LogP) is 4.21. The van der Waals surface area contributed by atoms with Gasteiger partial charge in [0.25, 0.3) is 5.56 Å².